The van der Waals surface area contributed by atoms with E-state index in [9.17, 15) is 9.50 Å². The molecule has 0 bridgehead atoms. The van der Waals surface area contributed by atoms with E-state index in [1.54, 1.807) is 6.07 Å². The predicted octanol–water partition coefficient (Wildman–Crippen LogP) is 3.26. The zero-order valence-corrected chi connectivity index (χ0v) is 11.3. The molecule has 0 aliphatic heterocycles. The van der Waals surface area contributed by atoms with Crippen LogP contribution < -0.4 is 4.74 Å². The van der Waals surface area contributed by atoms with Crippen molar-refractivity contribution < 1.29 is 14.2 Å². The van der Waals surface area contributed by atoms with Crippen LogP contribution in [0.3, 0.4) is 0 Å². The van der Waals surface area contributed by atoms with Gasteiger partial charge in [-0.05, 0) is 54.3 Å². The molecule has 1 aliphatic carbocycles. The number of ether oxygens (including phenoxy) is 1. The van der Waals surface area contributed by atoms with Gasteiger partial charge in [-0.2, -0.15) is 5.26 Å². The lowest BCUT2D eigenvalue weighted by molar-refractivity contribution is 0.180. The van der Waals surface area contributed by atoms with E-state index in [4.69, 9.17) is 10.00 Å². The fourth-order valence-corrected chi connectivity index (χ4v) is 2.58. The van der Waals surface area contributed by atoms with Crippen molar-refractivity contribution in [3.8, 4) is 11.8 Å². The van der Waals surface area contributed by atoms with E-state index in [2.05, 4.69) is 0 Å². The zero-order valence-electron chi connectivity index (χ0n) is 11.3. The second kappa shape index (κ2) is 5.55. The molecule has 2 aromatic rings. The first-order valence-electron chi connectivity index (χ1n) is 6.79. The Hall–Kier alpha value is -2.38. The Balaban J connectivity index is 1.75. The third-order valence-electron chi connectivity index (χ3n) is 3.73. The monoisotopic (exact) mass is 283 g/mol. The minimum Gasteiger partial charge on any atom is -0.489 e. The lowest BCUT2D eigenvalue weighted by Crippen LogP contribution is -2.00. The second-order valence-corrected chi connectivity index (χ2v) is 5.12. The first kappa shape index (κ1) is 13.6. The van der Waals surface area contributed by atoms with Gasteiger partial charge in [-0.15, -0.1) is 0 Å². The van der Waals surface area contributed by atoms with E-state index in [0.717, 1.165) is 24.0 Å². The van der Waals surface area contributed by atoms with E-state index in [0.29, 0.717) is 16.9 Å². The first-order chi connectivity index (χ1) is 10.2. The summed E-state index contributed by atoms with van der Waals surface area (Å²) in [6.07, 6.45) is 1.17. The molecule has 0 radical (unpaired) electrons. The minimum absolute atomic E-state index is 0.0721. The average molecular weight is 283 g/mol. The van der Waals surface area contributed by atoms with Crippen LogP contribution in [0.25, 0.3) is 0 Å². The van der Waals surface area contributed by atoms with Gasteiger partial charge in [-0.1, -0.05) is 6.07 Å². The number of nitriles is 1. The fraction of sp³-hybridized carbons (Fsp3) is 0.235. The van der Waals surface area contributed by atoms with Gasteiger partial charge in [0, 0.05) is 5.56 Å². The summed E-state index contributed by atoms with van der Waals surface area (Å²) in [6, 6.07) is 11.7. The van der Waals surface area contributed by atoms with Crippen molar-refractivity contribution in [1.29, 1.82) is 5.26 Å². The number of aliphatic hydroxyl groups excluding tert-OH is 1. The van der Waals surface area contributed by atoms with E-state index in [1.807, 2.05) is 18.2 Å². The van der Waals surface area contributed by atoms with Crippen LogP contribution in [0.2, 0.25) is 0 Å². The summed E-state index contributed by atoms with van der Waals surface area (Å²) in [7, 11) is 0. The van der Waals surface area contributed by atoms with E-state index >= 15 is 0 Å². The van der Waals surface area contributed by atoms with Gasteiger partial charge in [0.15, 0.2) is 0 Å². The molecule has 1 aliphatic rings. The van der Waals surface area contributed by atoms with E-state index in [1.165, 1.54) is 18.2 Å². The Kier molecular flexibility index (Phi) is 3.59. The molecule has 0 saturated heterocycles. The quantitative estimate of drug-likeness (QED) is 0.940. The molecule has 3 nitrogen and oxygen atoms in total. The normalized spacial score (nSPS) is 16.3. The van der Waals surface area contributed by atoms with Crippen LogP contribution in [0.5, 0.6) is 5.75 Å². The second-order valence-electron chi connectivity index (χ2n) is 5.12. The molecule has 3 rings (SSSR count). The summed E-state index contributed by atoms with van der Waals surface area (Å²) in [5, 5.41) is 18.6. The number of nitrogens with zero attached hydrogens (tertiary/aromatic N) is 1. The lowest BCUT2D eigenvalue weighted by Gasteiger charge is -2.10. The molecule has 1 unspecified atom stereocenters. The fourth-order valence-electron chi connectivity index (χ4n) is 2.58. The molecule has 0 aromatic heterocycles. The van der Waals surface area contributed by atoms with Crippen LogP contribution in [-0.4, -0.2) is 5.11 Å². The first-order valence-corrected chi connectivity index (χ1v) is 6.79. The van der Waals surface area contributed by atoms with Crippen LogP contribution in [0.4, 0.5) is 4.39 Å². The average Bonchev–Trinajstić information content (AvgIpc) is 2.87. The number of aliphatic hydroxyl groups is 1. The summed E-state index contributed by atoms with van der Waals surface area (Å²) in [5.41, 5.74) is 2.79. The van der Waals surface area contributed by atoms with Gasteiger partial charge < -0.3 is 9.84 Å². The smallest absolute Gasteiger partial charge is 0.129 e. The minimum atomic E-state index is -0.390. The summed E-state index contributed by atoms with van der Waals surface area (Å²) >= 11 is 0. The van der Waals surface area contributed by atoms with Crippen molar-refractivity contribution in [3.05, 3.63) is 64.5 Å². The topological polar surface area (TPSA) is 53.2 Å². The standard InChI is InChI=1S/C17H14FNO2/c18-16-5-1-11(9-19)7-13(16)10-21-14-3-4-15-12(8-14)2-6-17(15)20/h1,3-5,7-8,17,20H,2,6,10H2. The summed E-state index contributed by atoms with van der Waals surface area (Å²) in [5.74, 6) is 0.259. The molecule has 1 N–H and O–H groups in total. The van der Waals surface area contributed by atoms with Crippen molar-refractivity contribution in [2.45, 2.75) is 25.6 Å². The highest BCUT2D eigenvalue weighted by atomic mass is 19.1. The van der Waals surface area contributed by atoms with Crippen LogP contribution in [0.15, 0.2) is 36.4 Å². The molecule has 0 spiro atoms. The molecule has 0 fully saturated rings. The highest BCUT2D eigenvalue weighted by Crippen LogP contribution is 2.33. The Morgan fingerprint density at radius 2 is 2.14 bits per heavy atom. The Morgan fingerprint density at radius 3 is 2.95 bits per heavy atom. The number of fused-ring (bicyclic) bond motifs is 1. The van der Waals surface area contributed by atoms with Gasteiger partial charge in [0.1, 0.15) is 18.2 Å². The molecule has 0 heterocycles. The molecule has 4 heteroatoms. The van der Waals surface area contributed by atoms with Crippen molar-refractivity contribution >= 4 is 0 Å². The molecule has 21 heavy (non-hydrogen) atoms. The van der Waals surface area contributed by atoms with Crippen molar-refractivity contribution in [1.82, 2.24) is 0 Å². The van der Waals surface area contributed by atoms with Crippen LogP contribution in [-0.2, 0) is 13.0 Å². The summed E-state index contributed by atoms with van der Waals surface area (Å²) < 4.78 is 19.3. The number of hydrogen-bond donors (Lipinski definition) is 1. The highest BCUT2D eigenvalue weighted by Gasteiger charge is 2.20. The summed E-state index contributed by atoms with van der Waals surface area (Å²) in [4.78, 5) is 0. The van der Waals surface area contributed by atoms with E-state index < -0.39 is 0 Å². The number of hydrogen-bond acceptors (Lipinski definition) is 3. The van der Waals surface area contributed by atoms with Gasteiger partial charge in [0.2, 0.25) is 0 Å². The molecular weight excluding hydrogens is 269 g/mol. The van der Waals surface area contributed by atoms with Gasteiger partial charge in [0.05, 0.1) is 17.7 Å². The van der Waals surface area contributed by atoms with Crippen LogP contribution >= 0.6 is 0 Å². The van der Waals surface area contributed by atoms with Crippen LogP contribution in [0.1, 0.15) is 34.8 Å². The van der Waals surface area contributed by atoms with Gasteiger partial charge in [-0.25, -0.2) is 4.39 Å². The van der Waals surface area contributed by atoms with Gasteiger partial charge >= 0.3 is 0 Å². The number of aryl methyl sites for hydroxylation is 1. The molecule has 0 saturated carbocycles. The lowest BCUT2D eigenvalue weighted by atomic mass is 10.1. The largest absolute Gasteiger partial charge is 0.489 e. The van der Waals surface area contributed by atoms with Crippen molar-refractivity contribution in [2.75, 3.05) is 0 Å². The zero-order chi connectivity index (χ0) is 14.8. The molecule has 0 amide bonds. The molecular formula is C17H14FNO2. The maximum atomic E-state index is 13.7. The predicted molar refractivity (Wildman–Crippen MR) is 75.2 cm³/mol. The van der Waals surface area contributed by atoms with Crippen LogP contribution in [0, 0.1) is 17.1 Å². The third kappa shape index (κ3) is 2.74. The molecule has 1 atom stereocenters. The third-order valence-corrected chi connectivity index (χ3v) is 3.73. The van der Waals surface area contributed by atoms with Crippen molar-refractivity contribution in [2.24, 2.45) is 0 Å². The maximum Gasteiger partial charge on any atom is 0.129 e. The maximum absolute atomic E-state index is 13.7. The van der Waals surface area contributed by atoms with Gasteiger partial charge in [-0.3, -0.25) is 0 Å². The Labute approximate surface area is 122 Å². The van der Waals surface area contributed by atoms with E-state index in [-0.39, 0.29) is 18.5 Å². The highest BCUT2D eigenvalue weighted by molar-refractivity contribution is 5.40. The number of halogens is 1. The Bertz CT molecular complexity index is 721. The Morgan fingerprint density at radius 1 is 1.29 bits per heavy atom. The molecule has 2 aromatic carbocycles. The number of rotatable bonds is 3. The van der Waals surface area contributed by atoms with Gasteiger partial charge in [0.25, 0.3) is 0 Å². The summed E-state index contributed by atoms with van der Waals surface area (Å²) in [6.45, 7) is 0.0721. The van der Waals surface area contributed by atoms with Crippen molar-refractivity contribution in [3.63, 3.8) is 0 Å². The SMILES string of the molecule is N#Cc1ccc(F)c(COc2ccc3c(c2)CCC3O)c1. The number of benzene rings is 2. The molecule has 106 valence electrons.